The third-order valence-electron chi connectivity index (χ3n) is 5.21. The largest absolute Gasteiger partial charge is 0.357 e. The molecule has 3 nitrogen and oxygen atoms in total. The first-order valence-corrected chi connectivity index (χ1v) is 10.0. The van der Waals surface area contributed by atoms with Crippen molar-refractivity contribution in [1.29, 1.82) is 0 Å². The molecule has 0 fully saturated rings. The number of fused-ring (bicyclic) bond motifs is 1. The molecule has 0 saturated heterocycles. The molecule has 0 aliphatic rings. The number of aromatic nitrogens is 1. The van der Waals surface area contributed by atoms with E-state index in [1.165, 1.54) is 16.7 Å². The molecule has 0 saturated carbocycles. The van der Waals surface area contributed by atoms with Gasteiger partial charge in [-0.25, -0.2) is 0 Å². The van der Waals surface area contributed by atoms with Crippen molar-refractivity contribution >= 4 is 10.9 Å². The highest BCUT2D eigenvalue weighted by Crippen LogP contribution is 2.16. The number of benzene rings is 3. The molecule has 29 heavy (non-hydrogen) atoms. The number of aryl methyl sites for hydroxylation is 2. The summed E-state index contributed by atoms with van der Waals surface area (Å²) < 4.78 is 0. The molecule has 1 heterocycles. The van der Waals surface area contributed by atoms with E-state index >= 15 is 0 Å². The summed E-state index contributed by atoms with van der Waals surface area (Å²) in [6.45, 7) is 6.44. The van der Waals surface area contributed by atoms with Crippen LogP contribution in [0.1, 0.15) is 27.9 Å². The molecule has 0 radical (unpaired) electrons. The molecule has 1 N–H and O–H groups in total. The SMILES string of the molecule is Cc1ccc(CN(Cc2ccccc2)Cc2cc(=O)c3cc(C)ccc3[nH]2)cc1. The summed E-state index contributed by atoms with van der Waals surface area (Å²) in [4.78, 5) is 18.5. The van der Waals surface area contributed by atoms with Crippen LogP contribution in [0.15, 0.2) is 83.7 Å². The van der Waals surface area contributed by atoms with E-state index in [0.717, 1.165) is 35.2 Å². The molecule has 3 aromatic carbocycles. The van der Waals surface area contributed by atoms with E-state index in [4.69, 9.17) is 0 Å². The predicted molar refractivity (Wildman–Crippen MR) is 120 cm³/mol. The molecule has 0 aliphatic heterocycles. The van der Waals surface area contributed by atoms with Crippen LogP contribution in [0.25, 0.3) is 10.9 Å². The molecular weight excluding hydrogens is 356 g/mol. The zero-order valence-corrected chi connectivity index (χ0v) is 17.0. The second-order valence-corrected chi connectivity index (χ2v) is 7.82. The first kappa shape index (κ1) is 19.2. The Morgan fingerprint density at radius 1 is 0.724 bits per heavy atom. The van der Waals surface area contributed by atoms with Gasteiger partial charge in [0.1, 0.15) is 0 Å². The summed E-state index contributed by atoms with van der Waals surface area (Å²) in [6, 6.07) is 26.9. The van der Waals surface area contributed by atoms with Gasteiger partial charge >= 0.3 is 0 Å². The molecule has 4 aromatic rings. The van der Waals surface area contributed by atoms with Crippen LogP contribution in [0.4, 0.5) is 0 Å². The van der Waals surface area contributed by atoms with Gasteiger partial charge < -0.3 is 4.98 Å². The average molecular weight is 383 g/mol. The van der Waals surface area contributed by atoms with E-state index in [-0.39, 0.29) is 5.43 Å². The maximum absolute atomic E-state index is 12.6. The van der Waals surface area contributed by atoms with Gasteiger partial charge in [0, 0.05) is 42.3 Å². The highest BCUT2D eigenvalue weighted by Gasteiger charge is 2.11. The van der Waals surface area contributed by atoms with E-state index in [1.54, 1.807) is 6.07 Å². The van der Waals surface area contributed by atoms with Gasteiger partial charge in [0.15, 0.2) is 5.43 Å². The van der Waals surface area contributed by atoms with Crippen LogP contribution in [-0.4, -0.2) is 9.88 Å². The Balaban J connectivity index is 1.63. The smallest absolute Gasteiger partial charge is 0.189 e. The Hall–Kier alpha value is -3.17. The standard InChI is InChI=1S/C26H26N2O/c1-19-8-11-22(12-9-19)17-28(16-21-6-4-3-5-7-21)18-23-15-26(29)24-14-20(2)10-13-25(24)27-23/h3-15H,16-18H2,1-2H3,(H,27,29). The number of nitrogens with one attached hydrogen (secondary N) is 1. The fraction of sp³-hybridized carbons (Fsp3) is 0.192. The minimum atomic E-state index is 0.0763. The lowest BCUT2D eigenvalue weighted by Crippen LogP contribution is -2.24. The first-order valence-electron chi connectivity index (χ1n) is 10.0. The van der Waals surface area contributed by atoms with Gasteiger partial charge in [0.25, 0.3) is 0 Å². The summed E-state index contributed by atoms with van der Waals surface area (Å²) in [5.74, 6) is 0. The molecular formula is C26H26N2O. The highest BCUT2D eigenvalue weighted by atomic mass is 16.1. The lowest BCUT2D eigenvalue weighted by atomic mass is 10.1. The molecule has 4 rings (SSSR count). The molecule has 1 aromatic heterocycles. The third-order valence-corrected chi connectivity index (χ3v) is 5.21. The van der Waals surface area contributed by atoms with Crippen molar-refractivity contribution in [3.05, 3.63) is 117 Å². The minimum absolute atomic E-state index is 0.0763. The van der Waals surface area contributed by atoms with Crippen molar-refractivity contribution < 1.29 is 0 Å². The molecule has 3 heteroatoms. The lowest BCUT2D eigenvalue weighted by molar-refractivity contribution is 0.245. The summed E-state index contributed by atoms with van der Waals surface area (Å²) >= 11 is 0. The predicted octanol–water partition coefficient (Wildman–Crippen LogP) is 5.35. The van der Waals surface area contributed by atoms with Crippen molar-refractivity contribution in [1.82, 2.24) is 9.88 Å². The van der Waals surface area contributed by atoms with Gasteiger partial charge in [0.2, 0.25) is 0 Å². The van der Waals surface area contributed by atoms with Crippen molar-refractivity contribution in [2.45, 2.75) is 33.5 Å². The van der Waals surface area contributed by atoms with Crippen LogP contribution in [0.5, 0.6) is 0 Å². The van der Waals surface area contributed by atoms with Crippen molar-refractivity contribution in [3.8, 4) is 0 Å². The number of aromatic amines is 1. The molecule has 0 amide bonds. The van der Waals surface area contributed by atoms with Crippen molar-refractivity contribution in [2.75, 3.05) is 0 Å². The van der Waals surface area contributed by atoms with E-state index in [0.29, 0.717) is 6.54 Å². The fourth-order valence-corrected chi connectivity index (χ4v) is 3.70. The van der Waals surface area contributed by atoms with Gasteiger partial charge in [-0.1, -0.05) is 71.8 Å². The van der Waals surface area contributed by atoms with E-state index in [1.807, 2.05) is 31.2 Å². The second-order valence-electron chi connectivity index (χ2n) is 7.82. The number of nitrogens with zero attached hydrogens (tertiary/aromatic N) is 1. The van der Waals surface area contributed by atoms with Gasteiger partial charge in [-0.15, -0.1) is 0 Å². The average Bonchev–Trinajstić information content (AvgIpc) is 2.71. The van der Waals surface area contributed by atoms with Gasteiger partial charge in [-0.2, -0.15) is 0 Å². The summed E-state index contributed by atoms with van der Waals surface area (Å²) in [7, 11) is 0. The van der Waals surface area contributed by atoms with E-state index in [9.17, 15) is 4.79 Å². The van der Waals surface area contributed by atoms with E-state index < -0.39 is 0 Å². The normalized spacial score (nSPS) is 11.3. The van der Waals surface area contributed by atoms with Crippen LogP contribution >= 0.6 is 0 Å². The lowest BCUT2D eigenvalue weighted by Gasteiger charge is -2.23. The van der Waals surface area contributed by atoms with Crippen LogP contribution < -0.4 is 5.43 Å². The number of pyridine rings is 1. The van der Waals surface area contributed by atoms with Crippen LogP contribution in [-0.2, 0) is 19.6 Å². The number of rotatable bonds is 6. The van der Waals surface area contributed by atoms with Crippen LogP contribution in [0.2, 0.25) is 0 Å². The Labute approximate surface area is 171 Å². The van der Waals surface area contributed by atoms with Crippen molar-refractivity contribution in [3.63, 3.8) is 0 Å². The number of hydrogen-bond donors (Lipinski definition) is 1. The monoisotopic (exact) mass is 382 g/mol. The van der Waals surface area contributed by atoms with Gasteiger partial charge in [0.05, 0.1) is 0 Å². The summed E-state index contributed by atoms with van der Waals surface area (Å²) in [5, 5.41) is 0.752. The maximum Gasteiger partial charge on any atom is 0.189 e. The number of H-pyrrole nitrogens is 1. The Morgan fingerprint density at radius 3 is 2.10 bits per heavy atom. The van der Waals surface area contributed by atoms with Gasteiger partial charge in [-0.3, -0.25) is 9.69 Å². The molecule has 0 spiro atoms. The zero-order chi connectivity index (χ0) is 20.2. The van der Waals surface area contributed by atoms with Crippen LogP contribution in [0, 0.1) is 13.8 Å². The minimum Gasteiger partial charge on any atom is -0.357 e. The molecule has 0 aliphatic carbocycles. The topological polar surface area (TPSA) is 36.1 Å². The number of hydrogen-bond acceptors (Lipinski definition) is 2. The quantitative estimate of drug-likeness (QED) is 0.488. The summed E-state index contributed by atoms with van der Waals surface area (Å²) in [6.07, 6.45) is 0. The van der Waals surface area contributed by atoms with Crippen LogP contribution in [0.3, 0.4) is 0 Å². The Morgan fingerprint density at radius 2 is 1.38 bits per heavy atom. The Bertz CT molecular complexity index is 1160. The fourth-order valence-electron chi connectivity index (χ4n) is 3.70. The molecule has 0 bridgehead atoms. The molecule has 146 valence electrons. The zero-order valence-electron chi connectivity index (χ0n) is 17.0. The Kier molecular flexibility index (Phi) is 5.59. The maximum atomic E-state index is 12.6. The summed E-state index contributed by atoms with van der Waals surface area (Å²) in [5.41, 5.74) is 6.80. The van der Waals surface area contributed by atoms with Crippen molar-refractivity contribution in [2.24, 2.45) is 0 Å². The third kappa shape index (κ3) is 4.82. The van der Waals surface area contributed by atoms with E-state index in [2.05, 4.69) is 65.3 Å². The first-order chi connectivity index (χ1) is 14.1. The molecule has 0 unspecified atom stereocenters. The second kappa shape index (κ2) is 8.46. The molecule has 0 atom stereocenters. The van der Waals surface area contributed by atoms with Gasteiger partial charge in [-0.05, 0) is 37.1 Å². The highest BCUT2D eigenvalue weighted by molar-refractivity contribution is 5.79.